The van der Waals surface area contributed by atoms with E-state index < -0.39 is 0 Å². The molecule has 4 nitrogen and oxygen atoms in total. The van der Waals surface area contributed by atoms with Crippen molar-refractivity contribution >= 4 is 0 Å². The van der Waals surface area contributed by atoms with Crippen LogP contribution in [0.15, 0.2) is 0 Å². The van der Waals surface area contributed by atoms with E-state index in [4.69, 9.17) is 0 Å². The number of aliphatic hydroxyl groups is 1. The molecule has 18 heavy (non-hydrogen) atoms. The lowest BCUT2D eigenvalue weighted by Gasteiger charge is -2.40. The molecule has 2 atom stereocenters. The fourth-order valence-electron chi connectivity index (χ4n) is 2.49. The maximum Gasteiger partial charge on any atom is 0.0791 e. The zero-order valence-electron chi connectivity index (χ0n) is 12.7. The molecule has 0 amide bonds. The molecule has 1 aliphatic rings. The van der Waals surface area contributed by atoms with Crippen LogP contribution in [0.25, 0.3) is 0 Å². The second kappa shape index (κ2) is 6.85. The molecule has 1 heterocycles. The Morgan fingerprint density at radius 1 is 1.33 bits per heavy atom. The van der Waals surface area contributed by atoms with E-state index in [1.807, 2.05) is 0 Å². The third kappa shape index (κ3) is 5.65. The van der Waals surface area contributed by atoms with Crippen molar-refractivity contribution in [1.82, 2.24) is 15.1 Å². The van der Waals surface area contributed by atoms with Crippen LogP contribution < -0.4 is 5.32 Å². The maximum absolute atomic E-state index is 10.1. The van der Waals surface area contributed by atoms with E-state index in [1.54, 1.807) is 0 Å². The highest BCUT2D eigenvalue weighted by atomic mass is 16.3. The topological polar surface area (TPSA) is 38.7 Å². The molecule has 2 N–H and O–H groups in total. The summed E-state index contributed by atoms with van der Waals surface area (Å²) in [6, 6.07) is 0.603. The number of nitrogens with one attached hydrogen (secondary N) is 1. The molecule has 2 unspecified atom stereocenters. The Balaban J connectivity index is 2.27. The molecule has 1 saturated heterocycles. The van der Waals surface area contributed by atoms with Gasteiger partial charge >= 0.3 is 0 Å². The first-order chi connectivity index (χ1) is 8.31. The number of hydrogen-bond acceptors (Lipinski definition) is 4. The van der Waals surface area contributed by atoms with Crippen LogP contribution in [0.3, 0.4) is 0 Å². The van der Waals surface area contributed by atoms with Crippen LogP contribution in [0, 0.1) is 0 Å². The zero-order valence-corrected chi connectivity index (χ0v) is 12.7. The Morgan fingerprint density at radius 2 is 2.00 bits per heavy atom. The quantitative estimate of drug-likeness (QED) is 0.763. The molecule has 108 valence electrons. The van der Waals surface area contributed by atoms with E-state index in [-0.39, 0.29) is 11.6 Å². The third-order valence-corrected chi connectivity index (χ3v) is 3.59. The highest BCUT2D eigenvalue weighted by Gasteiger charge is 2.24. The van der Waals surface area contributed by atoms with Crippen molar-refractivity contribution in [1.29, 1.82) is 0 Å². The molecular weight excluding hydrogens is 226 g/mol. The van der Waals surface area contributed by atoms with Gasteiger partial charge in [0.05, 0.1) is 6.10 Å². The molecule has 0 bridgehead atoms. The van der Waals surface area contributed by atoms with Crippen molar-refractivity contribution in [2.75, 3.05) is 39.3 Å². The van der Waals surface area contributed by atoms with E-state index in [9.17, 15) is 5.11 Å². The summed E-state index contributed by atoms with van der Waals surface area (Å²) in [4.78, 5) is 4.88. The van der Waals surface area contributed by atoms with E-state index in [2.05, 4.69) is 49.7 Å². The van der Waals surface area contributed by atoms with Crippen LogP contribution in [0.1, 0.15) is 34.6 Å². The fraction of sp³-hybridized carbons (Fsp3) is 1.00. The number of nitrogens with zero attached hydrogens (tertiary/aromatic N) is 2. The van der Waals surface area contributed by atoms with Gasteiger partial charge in [0.15, 0.2) is 0 Å². The van der Waals surface area contributed by atoms with Gasteiger partial charge in [-0.25, -0.2) is 0 Å². The standard InChI is InChI=1S/C14H31N3O/c1-6-17-8-7-16(10-12(17)2)11-13(18)9-15-14(3,4)5/h12-13,15,18H,6-11H2,1-5H3. The molecule has 0 aliphatic carbocycles. The summed E-state index contributed by atoms with van der Waals surface area (Å²) in [5, 5.41) is 13.4. The van der Waals surface area contributed by atoms with Crippen LogP contribution in [-0.2, 0) is 0 Å². The fourth-order valence-corrected chi connectivity index (χ4v) is 2.49. The summed E-state index contributed by atoms with van der Waals surface area (Å²) in [5.74, 6) is 0. The van der Waals surface area contributed by atoms with Gasteiger partial charge in [-0.3, -0.25) is 9.80 Å². The van der Waals surface area contributed by atoms with E-state index in [1.165, 1.54) is 0 Å². The molecule has 0 radical (unpaired) electrons. The Kier molecular flexibility index (Phi) is 6.05. The van der Waals surface area contributed by atoms with E-state index >= 15 is 0 Å². The molecule has 1 rings (SSSR count). The Labute approximate surface area is 112 Å². The number of likely N-dealkylation sites (N-methyl/N-ethyl adjacent to an activating group) is 1. The Hall–Kier alpha value is -0.160. The average Bonchev–Trinajstić information content (AvgIpc) is 2.26. The molecule has 0 aromatic heterocycles. The van der Waals surface area contributed by atoms with Crippen molar-refractivity contribution in [3.8, 4) is 0 Å². The summed E-state index contributed by atoms with van der Waals surface area (Å²) in [5.41, 5.74) is 0.0786. The number of aliphatic hydroxyl groups excluding tert-OH is 1. The van der Waals surface area contributed by atoms with Crippen molar-refractivity contribution in [2.24, 2.45) is 0 Å². The lowest BCUT2D eigenvalue weighted by Crippen LogP contribution is -2.54. The molecule has 0 spiro atoms. The monoisotopic (exact) mass is 257 g/mol. The van der Waals surface area contributed by atoms with Crippen molar-refractivity contribution < 1.29 is 5.11 Å². The smallest absolute Gasteiger partial charge is 0.0791 e. The minimum Gasteiger partial charge on any atom is -0.390 e. The first-order valence-electron chi connectivity index (χ1n) is 7.21. The van der Waals surface area contributed by atoms with Gasteiger partial charge in [0.25, 0.3) is 0 Å². The van der Waals surface area contributed by atoms with E-state index in [0.717, 1.165) is 32.7 Å². The predicted molar refractivity (Wildman–Crippen MR) is 76.9 cm³/mol. The number of piperazine rings is 1. The van der Waals surface area contributed by atoms with Crippen LogP contribution in [0.4, 0.5) is 0 Å². The normalized spacial score (nSPS) is 25.3. The molecule has 0 saturated carbocycles. The summed E-state index contributed by atoms with van der Waals surface area (Å²) < 4.78 is 0. The average molecular weight is 257 g/mol. The van der Waals surface area contributed by atoms with E-state index in [0.29, 0.717) is 12.6 Å². The predicted octanol–water partition coefficient (Wildman–Crippen LogP) is 0.761. The van der Waals surface area contributed by atoms with Gasteiger partial charge < -0.3 is 10.4 Å². The van der Waals surface area contributed by atoms with Crippen molar-refractivity contribution in [3.05, 3.63) is 0 Å². The van der Waals surface area contributed by atoms with Crippen molar-refractivity contribution in [2.45, 2.75) is 52.3 Å². The highest BCUT2D eigenvalue weighted by molar-refractivity contribution is 4.81. The van der Waals surface area contributed by atoms with Crippen LogP contribution in [0.5, 0.6) is 0 Å². The second-order valence-electron chi connectivity index (χ2n) is 6.52. The summed E-state index contributed by atoms with van der Waals surface area (Å²) in [6.45, 7) is 16.7. The molecule has 1 fully saturated rings. The van der Waals surface area contributed by atoms with Gasteiger partial charge in [0.2, 0.25) is 0 Å². The lowest BCUT2D eigenvalue weighted by atomic mass is 10.1. The van der Waals surface area contributed by atoms with Gasteiger partial charge in [-0.15, -0.1) is 0 Å². The van der Waals surface area contributed by atoms with Gasteiger partial charge in [0.1, 0.15) is 0 Å². The summed E-state index contributed by atoms with van der Waals surface area (Å²) in [6.07, 6.45) is -0.274. The summed E-state index contributed by atoms with van der Waals surface area (Å²) >= 11 is 0. The zero-order chi connectivity index (χ0) is 13.8. The first-order valence-corrected chi connectivity index (χ1v) is 7.21. The largest absolute Gasteiger partial charge is 0.390 e. The van der Waals surface area contributed by atoms with Crippen LogP contribution in [-0.4, -0.2) is 71.9 Å². The SMILES string of the molecule is CCN1CCN(CC(O)CNC(C)(C)C)CC1C. The molecule has 1 aliphatic heterocycles. The first kappa shape index (κ1) is 15.9. The minimum absolute atomic E-state index is 0.0786. The molecule has 0 aromatic carbocycles. The summed E-state index contributed by atoms with van der Waals surface area (Å²) in [7, 11) is 0. The number of β-amino-alcohol motifs (C(OH)–C–C–N with tert-alkyl or cyclic N) is 1. The number of hydrogen-bond donors (Lipinski definition) is 2. The minimum atomic E-state index is -0.274. The molecular formula is C14H31N3O. The highest BCUT2D eigenvalue weighted by Crippen LogP contribution is 2.09. The van der Waals surface area contributed by atoms with Crippen LogP contribution >= 0.6 is 0 Å². The molecule has 0 aromatic rings. The Morgan fingerprint density at radius 3 is 2.50 bits per heavy atom. The van der Waals surface area contributed by atoms with Gasteiger partial charge in [-0.05, 0) is 34.2 Å². The molecule has 4 heteroatoms. The number of rotatable bonds is 5. The third-order valence-electron chi connectivity index (χ3n) is 3.59. The second-order valence-corrected chi connectivity index (χ2v) is 6.52. The van der Waals surface area contributed by atoms with Gasteiger partial charge in [-0.2, -0.15) is 0 Å². The van der Waals surface area contributed by atoms with Crippen molar-refractivity contribution in [3.63, 3.8) is 0 Å². The van der Waals surface area contributed by atoms with Crippen LogP contribution in [0.2, 0.25) is 0 Å². The maximum atomic E-state index is 10.1. The Bertz CT molecular complexity index is 240. The van der Waals surface area contributed by atoms with Gasteiger partial charge in [0, 0.05) is 44.3 Å². The van der Waals surface area contributed by atoms with Gasteiger partial charge in [-0.1, -0.05) is 6.92 Å². The lowest BCUT2D eigenvalue weighted by molar-refractivity contribution is 0.0463.